The van der Waals surface area contributed by atoms with Crippen molar-refractivity contribution in [1.82, 2.24) is 23.1 Å². The van der Waals surface area contributed by atoms with Gasteiger partial charge in [0.2, 0.25) is 0 Å². The number of ether oxygens (including phenoxy) is 1. The molecule has 2 rings (SSSR count). The van der Waals surface area contributed by atoms with E-state index in [0.29, 0.717) is 0 Å². The van der Waals surface area contributed by atoms with Crippen molar-refractivity contribution in [2.75, 3.05) is 39.8 Å². The number of piperazine rings is 1. The highest BCUT2D eigenvalue weighted by molar-refractivity contribution is 7.86. The van der Waals surface area contributed by atoms with E-state index in [4.69, 9.17) is 4.74 Å². The lowest BCUT2D eigenvalue weighted by Gasteiger charge is -2.35. The molecule has 0 bridgehead atoms. The number of aromatic nitrogens is 2. The van der Waals surface area contributed by atoms with Gasteiger partial charge in [-0.1, -0.05) is 0 Å². The van der Waals surface area contributed by atoms with Crippen molar-refractivity contribution in [2.24, 2.45) is 0 Å². The Bertz CT molecular complexity index is 744. The Kier molecular flexibility index (Phi) is 6.70. The fraction of sp³-hybridized carbons (Fsp3) is 0.714. The number of alkyl halides is 3. The molecule has 2 heterocycles. The predicted octanol–water partition coefficient (Wildman–Crippen LogP) is 0.896. The van der Waals surface area contributed by atoms with Gasteiger partial charge in [0.05, 0.1) is 13.2 Å². The first-order valence-corrected chi connectivity index (χ1v) is 9.64. The molecule has 9 nitrogen and oxygen atoms in total. The van der Waals surface area contributed by atoms with Crippen LogP contribution >= 0.6 is 0 Å². The minimum atomic E-state index is -4.43. The second-order valence-corrected chi connectivity index (χ2v) is 7.97. The molecule has 0 aliphatic carbocycles. The molecular weight excluding hydrogens is 391 g/mol. The fourth-order valence-electron chi connectivity index (χ4n) is 2.62. The smallest absolute Gasteiger partial charge is 0.409 e. The van der Waals surface area contributed by atoms with Crippen molar-refractivity contribution in [1.29, 1.82) is 0 Å². The van der Waals surface area contributed by atoms with E-state index in [1.165, 1.54) is 22.4 Å². The minimum Gasteiger partial charge on any atom is -0.450 e. The molecule has 27 heavy (non-hydrogen) atoms. The molecule has 0 N–H and O–H groups in total. The monoisotopic (exact) mass is 413 g/mol. The predicted molar refractivity (Wildman–Crippen MR) is 88.8 cm³/mol. The van der Waals surface area contributed by atoms with Crippen LogP contribution in [0.1, 0.15) is 12.7 Å². The summed E-state index contributed by atoms with van der Waals surface area (Å²) in [7, 11) is -2.63. The van der Waals surface area contributed by atoms with Gasteiger partial charge in [-0.3, -0.25) is 0 Å². The molecular formula is C14H22F3N5O4S. The molecule has 0 radical (unpaired) electrons. The van der Waals surface area contributed by atoms with Gasteiger partial charge in [-0.15, -0.1) is 0 Å². The minimum absolute atomic E-state index is 0.0106. The molecule has 1 aromatic heterocycles. The Labute approximate surface area is 155 Å². The summed E-state index contributed by atoms with van der Waals surface area (Å²) in [6, 6.07) is 0. The van der Waals surface area contributed by atoms with Gasteiger partial charge in [-0.2, -0.15) is 30.2 Å². The van der Waals surface area contributed by atoms with Gasteiger partial charge in [0, 0.05) is 45.6 Å². The van der Waals surface area contributed by atoms with Crippen molar-refractivity contribution in [3.63, 3.8) is 0 Å². The van der Waals surface area contributed by atoms with Crippen molar-refractivity contribution < 1.29 is 31.1 Å². The van der Waals surface area contributed by atoms with Gasteiger partial charge >= 0.3 is 12.3 Å². The number of carbonyl (C=O) groups is 1. The molecule has 154 valence electrons. The molecule has 0 aromatic carbocycles. The summed E-state index contributed by atoms with van der Waals surface area (Å²) in [4.78, 5) is 16.9. The maximum absolute atomic E-state index is 12.7. The molecule has 0 unspecified atom stereocenters. The first-order chi connectivity index (χ1) is 12.5. The van der Waals surface area contributed by atoms with Crippen LogP contribution in [0.5, 0.6) is 0 Å². The van der Waals surface area contributed by atoms with Crippen LogP contribution in [0.4, 0.5) is 18.0 Å². The highest BCUT2D eigenvalue weighted by Gasteiger charge is 2.33. The molecule has 1 aliphatic heterocycles. The molecule has 0 saturated carbocycles. The van der Waals surface area contributed by atoms with E-state index >= 15 is 0 Å². The first kappa shape index (κ1) is 21.4. The molecule has 0 spiro atoms. The van der Waals surface area contributed by atoms with Gasteiger partial charge in [0.25, 0.3) is 10.2 Å². The summed E-state index contributed by atoms with van der Waals surface area (Å²) >= 11 is 0. The largest absolute Gasteiger partial charge is 0.450 e. The van der Waals surface area contributed by atoms with E-state index < -0.39 is 29.0 Å². The van der Waals surface area contributed by atoms with E-state index in [9.17, 15) is 26.4 Å². The zero-order valence-electron chi connectivity index (χ0n) is 15.0. The number of imidazole rings is 1. The van der Waals surface area contributed by atoms with Crippen LogP contribution in [0.3, 0.4) is 0 Å². The van der Waals surface area contributed by atoms with Gasteiger partial charge in [0.15, 0.2) is 0 Å². The molecule has 0 atom stereocenters. The summed E-state index contributed by atoms with van der Waals surface area (Å²) in [5.74, 6) is -0.0106. The average Bonchev–Trinajstić information content (AvgIpc) is 3.00. The number of hydrogen-bond donors (Lipinski definition) is 0. The third-order valence-corrected chi connectivity index (χ3v) is 5.93. The molecule has 1 amide bonds. The molecule has 1 aliphatic rings. The third-order valence-electron chi connectivity index (χ3n) is 4.00. The first-order valence-electron chi connectivity index (χ1n) is 8.24. The van der Waals surface area contributed by atoms with Crippen LogP contribution in [0.25, 0.3) is 0 Å². The number of nitrogens with zero attached hydrogens (tertiary/aromatic N) is 5. The van der Waals surface area contributed by atoms with E-state index in [1.807, 2.05) is 0 Å². The van der Waals surface area contributed by atoms with Crippen LogP contribution < -0.4 is 0 Å². The lowest BCUT2D eigenvalue weighted by atomic mass is 10.4. The topological polar surface area (TPSA) is 88.0 Å². The number of hydrogen-bond acceptors (Lipinski definition) is 5. The van der Waals surface area contributed by atoms with Crippen molar-refractivity contribution in [3.05, 3.63) is 18.2 Å². The summed E-state index contributed by atoms with van der Waals surface area (Å²) < 4.78 is 71.0. The van der Waals surface area contributed by atoms with Crippen LogP contribution in [0.2, 0.25) is 0 Å². The van der Waals surface area contributed by atoms with E-state index in [1.54, 1.807) is 6.92 Å². The second kappa shape index (κ2) is 8.44. The Morgan fingerprint density at radius 1 is 1.30 bits per heavy atom. The highest BCUT2D eigenvalue weighted by Crippen LogP contribution is 2.20. The molecule has 1 fully saturated rings. The van der Waals surface area contributed by atoms with E-state index in [0.717, 1.165) is 15.1 Å². The molecule has 1 aromatic rings. The summed E-state index contributed by atoms with van der Waals surface area (Å²) in [5, 5.41) is 0. The Hall–Kier alpha value is -1.86. The van der Waals surface area contributed by atoms with Gasteiger partial charge in [-0.25, -0.2) is 9.78 Å². The van der Waals surface area contributed by atoms with E-state index in [-0.39, 0.29) is 45.2 Å². The zero-order chi connectivity index (χ0) is 20.2. The lowest BCUT2D eigenvalue weighted by Crippen LogP contribution is -2.53. The van der Waals surface area contributed by atoms with Crippen LogP contribution in [0, 0.1) is 0 Å². The van der Waals surface area contributed by atoms with Crippen molar-refractivity contribution in [3.8, 4) is 0 Å². The number of rotatable bonds is 6. The van der Waals surface area contributed by atoms with Gasteiger partial charge < -0.3 is 14.2 Å². The van der Waals surface area contributed by atoms with Crippen molar-refractivity contribution >= 4 is 16.3 Å². The van der Waals surface area contributed by atoms with E-state index in [2.05, 4.69) is 4.98 Å². The fourth-order valence-corrected chi connectivity index (χ4v) is 3.92. The maximum Gasteiger partial charge on any atom is 0.409 e. The standard InChI is InChI=1S/C14H22F3N5O4S/c1-3-26-13(23)20-6-8-22(9-7-20)27(24,25)19(2)10-12-18-4-5-21(12)11-14(15,16)17/h4-5H,3,6-11H2,1-2H3. The maximum atomic E-state index is 12.7. The second-order valence-electron chi connectivity index (χ2n) is 5.94. The zero-order valence-corrected chi connectivity index (χ0v) is 15.8. The van der Waals surface area contributed by atoms with Crippen LogP contribution in [0.15, 0.2) is 12.4 Å². The molecule has 1 saturated heterocycles. The quantitative estimate of drug-likeness (QED) is 0.691. The number of carbonyl (C=O) groups excluding carboxylic acids is 1. The summed E-state index contributed by atoms with van der Waals surface area (Å²) in [5.41, 5.74) is 0. The Balaban J connectivity index is 1.99. The average molecular weight is 413 g/mol. The summed E-state index contributed by atoms with van der Waals surface area (Å²) in [6.07, 6.45) is -2.59. The number of amides is 1. The Morgan fingerprint density at radius 3 is 2.48 bits per heavy atom. The van der Waals surface area contributed by atoms with Crippen LogP contribution in [-0.4, -0.2) is 83.6 Å². The van der Waals surface area contributed by atoms with Crippen molar-refractivity contribution in [2.45, 2.75) is 26.2 Å². The lowest BCUT2D eigenvalue weighted by molar-refractivity contribution is -0.141. The third kappa shape index (κ3) is 5.56. The van der Waals surface area contributed by atoms with Gasteiger partial charge in [-0.05, 0) is 6.92 Å². The summed E-state index contributed by atoms with van der Waals surface area (Å²) in [6.45, 7) is 0.854. The van der Waals surface area contributed by atoms with Crippen LogP contribution in [-0.2, 0) is 28.0 Å². The van der Waals surface area contributed by atoms with Gasteiger partial charge in [0.1, 0.15) is 12.4 Å². The number of halogens is 3. The highest BCUT2D eigenvalue weighted by atomic mass is 32.2. The normalized spacial score (nSPS) is 16.7. The SMILES string of the molecule is CCOC(=O)N1CCN(S(=O)(=O)N(C)Cc2nccn2CC(F)(F)F)CC1. The molecule has 13 heteroatoms. The Morgan fingerprint density at radius 2 is 1.93 bits per heavy atom.